The first-order valence-electron chi connectivity index (χ1n) is 10.7. The Kier molecular flexibility index (Phi) is 8.98. The molecule has 0 saturated heterocycles. The highest BCUT2D eigenvalue weighted by Gasteiger charge is 2.35. The number of hydrogen-bond donors (Lipinski definition) is 2. The SMILES string of the molecule is COCCC(C)[C@H](NC(=O)C(C)(C)COc1cc2cc([C@@H](C)O)ccc2cn1)C(=O)OC. The number of aromatic nitrogens is 1. The van der Waals surface area contributed by atoms with E-state index in [-0.39, 0.29) is 18.4 Å². The summed E-state index contributed by atoms with van der Waals surface area (Å²) in [4.78, 5) is 29.5. The Morgan fingerprint density at radius 3 is 2.50 bits per heavy atom. The number of rotatable bonds is 11. The molecule has 1 heterocycles. The van der Waals surface area contributed by atoms with E-state index in [4.69, 9.17) is 14.2 Å². The van der Waals surface area contributed by atoms with Gasteiger partial charge in [0.15, 0.2) is 0 Å². The molecular formula is C24H34N2O6. The van der Waals surface area contributed by atoms with Crippen LogP contribution in [-0.2, 0) is 19.1 Å². The van der Waals surface area contributed by atoms with Crippen molar-refractivity contribution < 1.29 is 28.9 Å². The summed E-state index contributed by atoms with van der Waals surface area (Å²) >= 11 is 0. The third-order valence-corrected chi connectivity index (χ3v) is 5.49. The van der Waals surface area contributed by atoms with Gasteiger partial charge in [0.05, 0.1) is 18.6 Å². The van der Waals surface area contributed by atoms with Crippen LogP contribution in [-0.4, -0.2) is 55.4 Å². The summed E-state index contributed by atoms with van der Waals surface area (Å²) in [6.07, 6.45) is 1.71. The van der Waals surface area contributed by atoms with Gasteiger partial charge in [-0.05, 0) is 50.1 Å². The van der Waals surface area contributed by atoms with Crippen molar-refractivity contribution in [3.8, 4) is 5.88 Å². The molecule has 32 heavy (non-hydrogen) atoms. The molecule has 8 nitrogen and oxygen atoms in total. The highest BCUT2D eigenvalue weighted by molar-refractivity contribution is 5.88. The fourth-order valence-electron chi connectivity index (χ4n) is 3.17. The van der Waals surface area contributed by atoms with E-state index in [1.807, 2.05) is 25.1 Å². The molecular weight excluding hydrogens is 412 g/mol. The van der Waals surface area contributed by atoms with Crippen LogP contribution in [0.5, 0.6) is 5.88 Å². The Morgan fingerprint density at radius 1 is 1.16 bits per heavy atom. The number of benzene rings is 1. The van der Waals surface area contributed by atoms with Crippen molar-refractivity contribution in [3.05, 3.63) is 36.0 Å². The van der Waals surface area contributed by atoms with Crippen molar-refractivity contribution in [3.63, 3.8) is 0 Å². The molecule has 2 rings (SSSR count). The van der Waals surface area contributed by atoms with Crippen molar-refractivity contribution in [1.29, 1.82) is 0 Å². The first-order chi connectivity index (χ1) is 15.1. The molecule has 1 amide bonds. The number of nitrogens with zero attached hydrogens (tertiary/aromatic N) is 1. The number of nitrogens with one attached hydrogen (secondary N) is 1. The second kappa shape index (κ2) is 11.2. The van der Waals surface area contributed by atoms with Crippen molar-refractivity contribution in [1.82, 2.24) is 10.3 Å². The van der Waals surface area contributed by atoms with Crippen molar-refractivity contribution in [2.75, 3.05) is 27.4 Å². The van der Waals surface area contributed by atoms with E-state index < -0.39 is 23.5 Å². The van der Waals surface area contributed by atoms with E-state index in [1.54, 1.807) is 40.1 Å². The lowest BCUT2D eigenvalue weighted by Gasteiger charge is -2.28. The van der Waals surface area contributed by atoms with Crippen LogP contribution in [0.25, 0.3) is 10.8 Å². The standard InChI is InChI=1S/C24H34N2O6/c1-15(9-10-30-5)21(22(28)31-6)26-23(29)24(3,4)14-32-20-12-19-11-17(16(2)27)7-8-18(19)13-25-20/h7-8,11-13,15-16,21,27H,9-10,14H2,1-6H3,(H,26,29)/t15?,16-,21+/m1/s1. The predicted molar refractivity (Wildman–Crippen MR) is 121 cm³/mol. The Balaban J connectivity index is 2.08. The quantitative estimate of drug-likeness (QED) is 0.511. The second-order valence-corrected chi connectivity index (χ2v) is 8.71. The van der Waals surface area contributed by atoms with E-state index in [1.165, 1.54) is 7.11 Å². The van der Waals surface area contributed by atoms with Gasteiger partial charge < -0.3 is 24.6 Å². The molecule has 0 fully saturated rings. The maximum absolute atomic E-state index is 12.9. The average Bonchev–Trinajstić information content (AvgIpc) is 2.78. The maximum Gasteiger partial charge on any atom is 0.328 e. The Morgan fingerprint density at radius 2 is 1.88 bits per heavy atom. The maximum atomic E-state index is 12.9. The largest absolute Gasteiger partial charge is 0.477 e. The zero-order valence-corrected chi connectivity index (χ0v) is 19.7. The highest BCUT2D eigenvalue weighted by atomic mass is 16.5. The van der Waals surface area contributed by atoms with Crippen LogP contribution in [0.4, 0.5) is 0 Å². The normalized spacial score (nSPS) is 14.5. The fraction of sp³-hybridized carbons (Fsp3) is 0.542. The molecule has 0 bridgehead atoms. The first-order valence-corrected chi connectivity index (χ1v) is 10.7. The number of esters is 1. The molecule has 1 aromatic heterocycles. The molecule has 0 radical (unpaired) electrons. The highest BCUT2D eigenvalue weighted by Crippen LogP contribution is 2.25. The number of amides is 1. The van der Waals surface area contributed by atoms with Crippen LogP contribution in [0, 0.1) is 11.3 Å². The van der Waals surface area contributed by atoms with Gasteiger partial charge in [-0.25, -0.2) is 9.78 Å². The first kappa shape index (κ1) is 25.5. The molecule has 176 valence electrons. The predicted octanol–water partition coefficient (Wildman–Crippen LogP) is 3.02. The van der Waals surface area contributed by atoms with E-state index in [2.05, 4.69) is 10.3 Å². The van der Waals surface area contributed by atoms with Crippen LogP contribution in [0.15, 0.2) is 30.5 Å². The van der Waals surface area contributed by atoms with Crippen LogP contribution >= 0.6 is 0 Å². The van der Waals surface area contributed by atoms with Gasteiger partial charge in [-0.15, -0.1) is 0 Å². The molecule has 0 aliphatic carbocycles. The lowest BCUT2D eigenvalue weighted by Crippen LogP contribution is -2.51. The van der Waals surface area contributed by atoms with Gasteiger partial charge in [0, 0.05) is 31.4 Å². The zero-order valence-electron chi connectivity index (χ0n) is 19.7. The van der Waals surface area contributed by atoms with E-state index in [9.17, 15) is 14.7 Å². The van der Waals surface area contributed by atoms with Gasteiger partial charge >= 0.3 is 5.97 Å². The average molecular weight is 447 g/mol. The molecule has 2 N–H and O–H groups in total. The zero-order chi connectivity index (χ0) is 23.9. The van der Waals surface area contributed by atoms with Crippen LogP contribution in [0.3, 0.4) is 0 Å². The monoisotopic (exact) mass is 446 g/mol. The lowest BCUT2D eigenvalue weighted by atomic mass is 9.91. The van der Waals surface area contributed by atoms with Crippen LogP contribution < -0.4 is 10.1 Å². The second-order valence-electron chi connectivity index (χ2n) is 8.71. The Labute approximate surface area is 189 Å². The van der Waals surface area contributed by atoms with Crippen molar-refractivity contribution in [2.24, 2.45) is 11.3 Å². The number of carbonyl (C=O) groups is 2. The number of pyridine rings is 1. The molecule has 0 spiro atoms. The molecule has 3 atom stereocenters. The number of methoxy groups -OCH3 is 2. The molecule has 8 heteroatoms. The Hall–Kier alpha value is -2.71. The van der Waals surface area contributed by atoms with Gasteiger partial charge in [-0.1, -0.05) is 19.1 Å². The van der Waals surface area contributed by atoms with Crippen LogP contribution in [0.2, 0.25) is 0 Å². The van der Waals surface area contributed by atoms with Crippen LogP contribution in [0.1, 0.15) is 45.8 Å². The number of hydrogen-bond acceptors (Lipinski definition) is 7. The molecule has 0 aliphatic heterocycles. The summed E-state index contributed by atoms with van der Waals surface area (Å²) in [5.41, 5.74) is -0.128. The summed E-state index contributed by atoms with van der Waals surface area (Å²) in [6.45, 7) is 7.59. The van der Waals surface area contributed by atoms with Crippen molar-refractivity contribution in [2.45, 2.75) is 46.3 Å². The smallest absolute Gasteiger partial charge is 0.328 e. The van der Waals surface area contributed by atoms with Crippen molar-refractivity contribution >= 4 is 22.6 Å². The summed E-state index contributed by atoms with van der Waals surface area (Å²) in [7, 11) is 2.89. The van der Waals surface area contributed by atoms with Gasteiger partial charge in [-0.3, -0.25) is 4.79 Å². The Bertz CT molecular complexity index is 928. The minimum absolute atomic E-state index is 0.0633. The number of ether oxygens (including phenoxy) is 3. The summed E-state index contributed by atoms with van der Waals surface area (Å²) in [5, 5.41) is 14.4. The minimum Gasteiger partial charge on any atom is -0.477 e. The third-order valence-electron chi connectivity index (χ3n) is 5.49. The van der Waals surface area contributed by atoms with E-state index in [0.29, 0.717) is 18.9 Å². The van der Waals surface area contributed by atoms with E-state index in [0.717, 1.165) is 16.3 Å². The fourth-order valence-corrected chi connectivity index (χ4v) is 3.17. The summed E-state index contributed by atoms with van der Waals surface area (Å²) in [6, 6.07) is 6.63. The number of carbonyl (C=O) groups excluding carboxylic acids is 2. The summed E-state index contributed by atoms with van der Waals surface area (Å²) < 4.78 is 15.8. The molecule has 1 unspecified atom stereocenters. The lowest BCUT2D eigenvalue weighted by molar-refractivity contribution is -0.148. The summed E-state index contributed by atoms with van der Waals surface area (Å²) in [5.74, 6) is -0.606. The van der Waals surface area contributed by atoms with Gasteiger partial charge in [0.25, 0.3) is 0 Å². The van der Waals surface area contributed by atoms with E-state index >= 15 is 0 Å². The number of fused-ring (bicyclic) bond motifs is 1. The third kappa shape index (κ3) is 6.64. The number of aliphatic hydroxyl groups excluding tert-OH is 1. The van der Waals surface area contributed by atoms with Gasteiger partial charge in [0.2, 0.25) is 11.8 Å². The molecule has 0 aliphatic rings. The number of aliphatic hydroxyl groups is 1. The van der Waals surface area contributed by atoms with Gasteiger partial charge in [-0.2, -0.15) is 0 Å². The molecule has 2 aromatic rings. The molecule has 1 aromatic carbocycles. The van der Waals surface area contributed by atoms with Gasteiger partial charge in [0.1, 0.15) is 12.6 Å². The minimum atomic E-state index is -0.925. The topological polar surface area (TPSA) is 107 Å². The molecule has 0 saturated carbocycles.